The van der Waals surface area contributed by atoms with E-state index in [1.54, 1.807) is 6.07 Å². The normalized spacial score (nSPS) is 12.0. The maximum Gasteiger partial charge on any atom is 0.279 e. The van der Waals surface area contributed by atoms with Gasteiger partial charge in [-0.25, -0.2) is 0 Å². The predicted octanol–water partition coefficient (Wildman–Crippen LogP) is 4.06. The molecule has 5 heteroatoms. The van der Waals surface area contributed by atoms with Crippen LogP contribution >= 0.6 is 27.5 Å². The number of carbonyl (C=O) groups excluding carboxylic acids is 1. The number of rotatable bonds is 6. The number of benzene rings is 2. The van der Waals surface area contributed by atoms with E-state index in [0.29, 0.717) is 11.6 Å². The van der Waals surface area contributed by atoms with E-state index in [9.17, 15) is 4.79 Å². The van der Waals surface area contributed by atoms with Crippen LogP contribution in [0.1, 0.15) is 30.5 Å². The van der Waals surface area contributed by atoms with Crippen LogP contribution in [-0.2, 0) is 4.79 Å². The van der Waals surface area contributed by atoms with Gasteiger partial charge in [-0.15, -0.1) is 0 Å². The van der Waals surface area contributed by atoms with Gasteiger partial charge in [0, 0.05) is 27.2 Å². The molecule has 0 heterocycles. The first-order chi connectivity index (χ1) is 11.0. The van der Waals surface area contributed by atoms with Crippen molar-refractivity contribution in [2.45, 2.75) is 26.3 Å². The van der Waals surface area contributed by atoms with Crippen molar-refractivity contribution in [1.82, 2.24) is 0 Å². The van der Waals surface area contributed by atoms with Crippen molar-refractivity contribution in [2.75, 3.05) is 11.9 Å². The highest BCUT2D eigenvalue weighted by Crippen LogP contribution is 2.19. The average molecular weight is 397 g/mol. The van der Waals surface area contributed by atoms with E-state index >= 15 is 0 Å². The summed E-state index contributed by atoms with van der Waals surface area (Å²) in [6.07, 6.45) is 0.967. The van der Waals surface area contributed by atoms with Gasteiger partial charge in [0.1, 0.15) is 6.04 Å². The molecule has 0 fully saturated rings. The minimum absolute atomic E-state index is 0.00835. The summed E-state index contributed by atoms with van der Waals surface area (Å²) < 4.78 is 1.06. The number of anilines is 1. The van der Waals surface area contributed by atoms with E-state index in [1.807, 2.05) is 31.2 Å². The topological polar surface area (TPSA) is 45.7 Å². The summed E-state index contributed by atoms with van der Waals surface area (Å²) in [5.41, 5.74) is 3.00. The second kappa shape index (κ2) is 8.48. The Morgan fingerprint density at radius 3 is 2.57 bits per heavy atom. The molecule has 0 saturated carbocycles. The van der Waals surface area contributed by atoms with Crippen LogP contribution in [-0.4, -0.2) is 12.5 Å². The molecular formula is C18H21BrClN2O+. The van der Waals surface area contributed by atoms with E-state index in [-0.39, 0.29) is 11.9 Å². The lowest BCUT2D eigenvalue weighted by molar-refractivity contribution is -0.686. The first kappa shape index (κ1) is 18.0. The fraction of sp³-hybridized carbons (Fsp3) is 0.278. The molecule has 0 radical (unpaired) electrons. The molecule has 3 N–H and O–H groups in total. The van der Waals surface area contributed by atoms with Crippen LogP contribution in [0.5, 0.6) is 0 Å². The van der Waals surface area contributed by atoms with Gasteiger partial charge in [0.05, 0.1) is 0 Å². The van der Waals surface area contributed by atoms with Crippen molar-refractivity contribution in [3.05, 3.63) is 63.1 Å². The Morgan fingerprint density at radius 2 is 1.96 bits per heavy atom. The molecule has 1 atom stereocenters. The van der Waals surface area contributed by atoms with Crippen LogP contribution in [0.3, 0.4) is 0 Å². The molecule has 2 aromatic rings. The molecule has 0 unspecified atom stereocenters. The summed E-state index contributed by atoms with van der Waals surface area (Å²) in [5, 5.41) is 5.69. The number of hydrogen-bond acceptors (Lipinski definition) is 1. The first-order valence-corrected chi connectivity index (χ1v) is 8.81. The zero-order valence-electron chi connectivity index (χ0n) is 13.3. The third-order valence-electron chi connectivity index (χ3n) is 3.79. The summed E-state index contributed by atoms with van der Waals surface area (Å²) in [6, 6.07) is 14.0. The predicted molar refractivity (Wildman–Crippen MR) is 98.8 cm³/mol. The molecule has 2 aromatic carbocycles. The molecule has 0 saturated heterocycles. The van der Waals surface area contributed by atoms with Crippen molar-refractivity contribution in [3.63, 3.8) is 0 Å². The summed E-state index contributed by atoms with van der Waals surface area (Å²) in [5.74, 6) is -0.00835. The highest BCUT2D eigenvalue weighted by Gasteiger charge is 2.15. The number of nitrogens with two attached hydrogens (primary N) is 1. The third-order valence-corrected chi connectivity index (χ3v) is 4.55. The Hall–Kier alpha value is -1.36. The Kier molecular flexibility index (Phi) is 6.63. The molecule has 0 spiro atoms. The molecule has 122 valence electrons. The summed E-state index contributed by atoms with van der Waals surface area (Å²) >= 11 is 9.38. The monoisotopic (exact) mass is 395 g/mol. The summed E-state index contributed by atoms with van der Waals surface area (Å²) in [7, 11) is 0. The molecule has 2 rings (SSSR count). The largest absolute Gasteiger partial charge is 0.332 e. The van der Waals surface area contributed by atoms with Gasteiger partial charge in [0.25, 0.3) is 5.91 Å². The Labute approximate surface area is 150 Å². The number of carbonyl (C=O) groups is 1. The van der Waals surface area contributed by atoms with Crippen LogP contribution in [0, 0.1) is 6.92 Å². The smallest absolute Gasteiger partial charge is 0.279 e. The maximum atomic E-state index is 12.2. The van der Waals surface area contributed by atoms with Crippen LogP contribution < -0.4 is 10.6 Å². The van der Waals surface area contributed by atoms with E-state index in [1.165, 1.54) is 5.56 Å². The summed E-state index contributed by atoms with van der Waals surface area (Å²) in [6.45, 7) is 4.45. The second-order valence-corrected chi connectivity index (χ2v) is 6.87. The molecule has 1 amide bonds. The quantitative estimate of drug-likeness (QED) is 0.760. The van der Waals surface area contributed by atoms with Gasteiger partial charge in [-0.2, -0.15) is 0 Å². The zero-order valence-corrected chi connectivity index (χ0v) is 15.6. The Bertz CT molecular complexity index is 673. The molecule has 0 aliphatic carbocycles. The number of amides is 1. The number of halogens is 2. The van der Waals surface area contributed by atoms with Crippen LogP contribution in [0.2, 0.25) is 5.02 Å². The van der Waals surface area contributed by atoms with E-state index in [4.69, 9.17) is 11.6 Å². The Morgan fingerprint density at radius 1 is 1.26 bits per heavy atom. The second-order valence-electron chi connectivity index (χ2n) is 5.51. The molecule has 3 nitrogen and oxygen atoms in total. The van der Waals surface area contributed by atoms with Crippen molar-refractivity contribution < 1.29 is 10.1 Å². The van der Waals surface area contributed by atoms with Gasteiger partial charge in [-0.3, -0.25) is 4.79 Å². The maximum absolute atomic E-state index is 12.2. The molecule has 0 aromatic heterocycles. The van der Waals surface area contributed by atoms with Crippen LogP contribution in [0.25, 0.3) is 0 Å². The molecule has 0 bridgehead atoms. The lowest BCUT2D eigenvalue weighted by Gasteiger charge is -2.14. The van der Waals surface area contributed by atoms with E-state index in [2.05, 4.69) is 45.6 Å². The molecular weight excluding hydrogens is 376 g/mol. The minimum Gasteiger partial charge on any atom is -0.332 e. The molecule has 0 aliphatic heterocycles. The van der Waals surface area contributed by atoms with Gasteiger partial charge in [0.2, 0.25) is 0 Å². The Balaban J connectivity index is 1.93. The van der Waals surface area contributed by atoms with Crippen molar-refractivity contribution >= 4 is 39.1 Å². The molecule has 0 aliphatic rings. The van der Waals surface area contributed by atoms with Crippen molar-refractivity contribution in [3.8, 4) is 0 Å². The number of hydrogen-bond donors (Lipinski definition) is 2. The highest BCUT2D eigenvalue weighted by molar-refractivity contribution is 9.10. The van der Waals surface area contributed by atoms with Gasteiger partial charge < -0.3 is 10.6 Å². The first-order valence-electron chi connectivity index (χ1n) is 7.64. The average Bonchev–Trinajstić information content (AvgIpc) is 2.52. The lowest BCUT2D eigenvalue weighted by atomic mass is 10.0. The number of nitrogens with one attached hydrogen (secondary N) is 1. The van der Waals surface area contributed by atoms with E-state index < -0.39 is 0 Å². The van der Waals surface area contributed by atoms with Gasteiger partial charge in [0.15, 0.2) is 6.54 Å². The van der Waals surface area contributed by atoms with Gasteiger partial charge in [-0.1, -0.05) is 46.6 Å². The standard InChI is InChI=1S/C18H20BrClN2O/c1-3-16(13-4-6-14(19)7-5-13)21-11-18(23)22-17-9-8-15(20)10-12(17)2/h4-10,16,21H,3,11H2,1-2H3,(H,22,23)/p+1/t16-/m1/s1. The van der Waals surface area contributed by atoms with Crippen molar-refractivity contribution in [1.29, 1.82) is 0 Å². The molecule has 23 heavy (non-hydrogen) atoms. The zero-order chi connectivity index (χ0) is 16.8. The van der Waals surface area contributed by atoms with Gasteiger partial charge >= 0.3 is 0 Å². The fourth-order valence-corrected chi connectivity index (χ4v) is 2.96. The van der Waals surface area contributed by atoms with Gasteiger partial charge in [-0.05, 0) is 42.8 Å². The van der Waals surface area contributed by atoms with Crippen LogP contribution in [0.15, 0.2) is 46.9 Å². The number of quaternary nitrogens is 1. The lowest BCUT2D eigenvalue weighted by Crippen LogP contribution is -2.87. The van der Waals surface area contributed by atoms with Crippen molar-refractivity contribution in [2.24, 2.45) is 0 Å². The SMILES string of the molecule is CC[C@@H]([NH2+]CC(=O)Nc1ccc(Cl)cc1C)c1ccc(Br)cc1. The highest BCUT2D eigenvalue weighted by atomic mass is 79.9. The third kappa shape index (κ3) is 5.34. The minimum atomic E-state index is -0.00835. The fourth-order valence-electron chi connectivity index (χ4n) is 2.47. The van der Waals surface area contributed by atoms with E-state index in [0.717, 1.165) is 22.1 Å². The summed E-state index contributed by atoms with van der Waals surface area (Å²) in [4.78, 5) is 12.2. The number of aryl methyl sites for hydroxylation is 1. The van der Waals surface area contributed by atoms with Crippen LogP contribution in [0.4, 0.5) is 5.69 Å².